The minimum Gasteiger partial charge on any atom is -0.493 e. The van der Waals surface area contributed by atoms with E-state index in [-0.39, 0.29) is 4.90 Å². The Bertz CT molecular complexity index is 1300. The lowest BCUT2D eigenvalue weighted by Gasteiger charge is -2.23. The van der Waals surface area contributed by atoms with Gasteiger partial charge in [-0.2, -0.15) is 5.10 Å². The first-order chi connectivity index (χ1) is 16.9. The molecule has 8 nitrogen and oxygen atoms in total. The molecular weight excluding hydrogens is 534 g/mol. The molecule has 0 aromatic heterocycles. The lowest BCUT2D eigenvalue weighted by Crippen LogP contribution is -2.39. The molecule has 0 fully saturated rings. The molecule has 1 N–H and O–H groups in total. The third-order valence-corrected chi connectivity index (χ3v) is 7.04. The quantitative estimate of drug-likeness (QED) is 0.214. The molecule has 1 amide bonds. The van der Waals surface area contributed by atoms with Crippen molar-refractivity contribution in [3.63, 3.8) is 0 Å². The van der Waals surface area contributed by atoms with Crippen LogP contribution in [-0.2, 0) is 14.8 Å². The number of carbonyl (C=O) groups is 1. The second kappa shape index (κ2) is 12.2. The molecule has 0 atom stereocenters. The highest BCUT2D eigenvalue weighted by Gasteiger charge is 2.26. The summed E-state index contributed by atoms with van der Waals surface area (Å²) in [5.74, 6) is 0.373. The van der Waals surface area contributed by atoms with E-state index < -0.39 is 22.5 Å². The third-order valence-electron chi connectivity index (χ3n) is 4.66. The molecule has 0 aliphatic rings. The normalized spacial score (nSPS) is 11.1. The van der Waals surface area contributed by atoms with Gasteiger partial charge in [0.05, 0.1) is 28.4 Å². The molecule has 0 bridgehead atoms. The van der Waals surface area contributed by atoms with Crippen LogP contribution in [0.1, 0.15) is 5.56 Å². The first-order valence-electron chi connectivity index (χ1n) is 10.4. The number of rotatable bonds is 11. The number of anilines is 1. The smallest absolute Gasteiger partial charge is 0.264 e. The average Bonchev–Trinajstić information content (AvgIpc) is 2.87. The number of sulfonamides is 1. The lowest BCUT2D eigenvalue weighted by molar-refractivity contribution is -0.119. The second-order valence-corrected chi connectivity index (χ2v) is 9.80. The van der Waals surface area contributed by atoms with Crippen LogP contribution in [0.4, 0.5) is 5.69 Å². The van der Waals surface area contributed by atoms with Gasteiger partial charge in [0.25, 0.3) is 15.9 Å². The highest BCUT2D eigenvalue weighted by molar-refractivity contribution is 9.10. The van der Waals surface area contributed by atoms with Gasteiger partial charge in [0, 0.05) is 0 Å². The molecule has 0 unspecified atom stereocenters. The van der Waals surface area contributed by atoms with Gasteiger partial charge >= 0.3 is 0 Å². The van der Waals surface area contributed by atoms with E-state index in [9.17, 15) is 13.2 Å². The molecule has 10 heteroatoms. The number of para-hydroxylation sites is 1. The van der Waals surface area contributed by atoms with Crippen molar-refractivity contribution in [2.24, 2.45) is 5.10 Å². The summed E-state index contributed by atoms with van der Waals surface area (Å²) in [7, 11) is -2.47. The minimum absolute atomic E-state index is 0.0795. The summed E-state index contributed by atoms with van der Waals surface area (Å²) in [4.78, 5) is 12.7. The van der Waals surface area contributed by atoms with Crippen molar-refractivity contribution in [1.82, 2.24) is 5.43 Å². The van der Waals surface area contributed by atoms with Crippen molar-refractivity contribution >= 4 is 43.8 Å². The zero-order valence-corrected chi connectivity index (χ0v) is 21.3. The van der Waals surface area contributed by atoms with Crippen molar-refractivity contribution in [2.45, 2.75) is 4.90 Å². The maximum absolute atomic E-state index is 13.2. The molecule has 3 aromatic carbocycles. The van der Waals surface area contributed by atoms with Crippen LogP contribution in [0, 0.1) is 0 Å². The van der Waals surface area contributed by atoms with Crippen molar-refractivity contribution in [3.05, 3.63) is 95.5 Å². The highest BCUT2D eigenvalue weighted by atomic mass is 79.9. The average molecular weight is 558 g/mol. The van der Waals surface area contributed by atoms with Crippen molar-refractivity contribution in [2.75, 3.05) is 24.6 Å². The van der Waals surface area contributed by atoms with Gasteiger partial charge in [-0.3, -0.25) is 9.10 Å². The monoisotopic (exact) mass is 557 g/mol. The topological polar surface area (TPSA) is 97.3 Å². The minimum atomic E-state index is -3.98. The number of benzene rings is 3. The summed E-state index contributed by atoms with van der Waals surface area (Å²) < 4.78 is 39.1. The number of hydrazone groups is 1. The summed E-state index contributed by atoms with van der Waals surface area (Å²) in [5.41, 5.74) is 3.37. The fourth-order valence-electron chi connectivity index (χ4n) is 3.07. The Morgan fingerprint density at radius 1 is 1.11 bits per heavy atom. The van der Waals surface area contributed by atoms with Gasteiger partial charge in [-0.25, -0.2) is 13.8 Å². The van der Waals surface area contributed by atoms with Gasteiger partial charge in [0.1, 0.15) is 13.2 Å². The van der Waals surface area contributed by atoms with Crippen LogP contribution in [0.2, 0.25) is 0 Å². The molecule has 0 aliphatic carbocycles. The van der Waals surface area contributed by atoms with E-state index in [4.69, 9.17) is 9.47 Å². The summed E-state index contributed by atoms with van der Waals surface area (Å²) in [6.45, 7) is 3.47. The van der Waals surface area contributed by atoms with Crippen molar-refractivity contribution < 1.29 is 22.7 Å². The van der Waals surface area contributed by atoms with E-state index in [2.05, 4.69) is 33.0 Å². The zero-order chi connectivity index (χ0) is 25.3. The first-order valence-corrected chi connectivity index (χ1v) is 12.7. The highest BCUT2D eigenvalue weighted by Crippen LogP contribution is 2.36. The number of hydrogen-bond acceptors (Lipinski definition) is 6. The van der Waals surface area contributed by atoms with Crippen molar-refractivity contribution in [3.8, 4) is 11.5 Å². The number of ether oxygens (including phenoxy) is 2. The number of nitrogens with one attached hydrogen (secondary N) is 1. The van der Waals surface area contributed by atoms with E-state index in [1.54, 1.807) is 66.7 Å². The van der Waals surface area contributed by atoms with E-state index in [1.807, 2.05) is 0 Å². The number of nitrogens with zero attached hydrogens (tertiary/aromatic N) is 2. The van der Waals surface area contributed by atoms with Crippen LogP contribution in [0.25, 0.3) is 0 Å². The van der Waals surface area contributed by atoms with Crippen LogP contribution in [-0.4, -0.2) is 40.8 Å². The molecule has 0 heterocycles. The van der Waals surface area contributed by atoms with Gasteiger partial charge in [-0.05, 0) is 57.9 Å². The second-order valence-electron chi connectivity index (χ2n) is 7.09. The standard InChI is InChI=1S/C25H24BrN3O5S/c1-3-14-34-25-22(26)15-19(16-23(25)33-2)17-27-28-24(30)18-29(20-10-6-4-7-11-20)35(31,32)21-12-8-5-9-13-21/h3-13,15-17H,1,14,18H2,2H3,(H,28,30)/b27-17-. The Hall–Kier alpha value is -3.63. The predicted octanol–water partition coefficient (Wildman–Crippen LogP) is 4.37. The Balaban J connectivity index is 1.77. The summed E-state index contributed by atoms with van der Waals surface area (Å²) >= 11 is 3.43. The fourth-order valence-corrected chi connectivity index (χ4v) is 5.09. The van der Waals surface area contributed by atoms with E-state index >= 15 is 0 Å². The first kappa shape index (κ1) is 26.0. The van der Waals surface area contributed by atoms with Gasteiger partial charge in [0.15, 0.2) is 11.5 Å². The lowest BCUT2D eigenvalue weighted by atomic mass is 10.2. The Morgan fingerprint density at radius 3 is 2.40 bits per heavy atom. The largest absolute Gasteiger partial charge is 0.493 e. The van der Waals surface area contributed by atoms with Crippen LogP contribution in [0.3, 0.4) is 0 Å². The molecule has 0 radical (unpaired) electrons. The maximum atomic E-state index is 13.2. The molecule has 182 valence electrons. The zero-order valence-electron chi connectivity index (χ0n) is 18.9. The molecule has 0 aliphatic heterocycles. The van der Waals surface area contributed by atoms with Gasteiger partial charge in [-0.15, -0.1) is 0 Å². The van der Waals surface area contributed by atoms with Gasteiger partial charge < -0.3 is 9.47 Å². The molecular formula is C25H24BrN3O5S. The molecule has 3 rings (SSSR count). The maximum Gasteiger partial charge on any atom is 0.264 e. The number of hydrogen-bond donors (Lipinski definition) is 1. The number of halogens is 1. The van der Waals surface area contributed by atoms with E-state index in [0.29, 0.717) is 33.8 Å². The van der Waals surface area contributed by atoms with Crippen LogP contribution in [0.5, 0.6) is 11.5 Å². The predicted molar refractivity (Wildman–Crippen MR) is 140 cm³/mol. The SMILES string of the molecule is C=CCOc1c(Br)cc(/C=N\NC(=O)CN(c2ccccc2)S(=O)(=O)c2ccccc2)cc1OC. The Morgan fingerprint density at radius 2 is 1.77 bits per heavy atom. The van der Waals surface area contributed by atoms with Crippen LogP contribution >= 0.6 is 15.9 Å². The molecule has 3 aromatic rings. The summed E-state index contributed by atoms with van der Waals surface area (Å²) in [6, 6.07) is 19.8. The van der Waals surface area contributed by atoms with Crippen LogP contribution < -0.4 is 19.2 Å². The fraction of sp³-hybridized carbons (Fsp3) is 0.120. The van der Waals surface area contributed by atoms with Crippen LogP contribution in [0.15, 0.2) is 99.9 Å². The Kier molecular flexibility index (Phi) is 9.04. The number of carbonyl (C=O) groups excluding carboxylic acids is 1. The van der Waals surface area contributed by atoms with E-state index in [1.165, 1.54) is 25.5 Å². The van der Waals surface area contributed by atoms with E-state index in [0.717, 1.165) is 4.31 Å². The molecule has 0 spiro atoms. The molecule has 0 saturated heterocycles. The Labute approximate surface area is 213 Å². The summed E-state index contributed by atoms with van der Waals surface area (Å²) in [5, 5.41) is 3.97. The summed E-state index contributed by atoms with van der Waals surface area (Å²) in [6.07, 6.45) is 3.04. The van der Waals surface area contributed by atoms with Gasteiger partial charge in [-0.1, -0.05) is 49.1 Å². The molecule has 35 heavy (non-hydrogen) atoms. The number of methoxy groups -OCH3 is 1. The molecule has 0 saturated carbocycles. The van der Waals surface area contributed by atoms with Crippen molar-refractivity contribution in [1.29, 1.82) is 0 Å². The van der Waals surface area contributed by atoms with Gasteiger partial charge in [0.2, 0.25) is 0 Å². The third kappa shape index (κ3) is 6.71. The number of amides is 1.